The van der Waals surface area contributed by atoms with Crippen LogP contribution in [0.3, 0.4) is 0 Å². The summed E-state index contributed by atoms with van der Waals surface area (Å²) in [4.78, 5) is 42.5. The molecule has 0 radical (unpaired) electrons. The van der Waals surface area contributed by atoms with Crippen molar-refractivity contribution in [2.45, 2.75) is 12.5 Å². The Morgan fingerprint density at radius 2 is 2.00 bits per heavy atom. The summed E-state index contributed by atoms with van der Waals surface area (Å²) in [5.74, 6) is -1.20. The van der Waals surface area contributed by atoms with Crippen molar-refractivity contribution in [3.05, 3.63) is 52.3 Å². The Kier molecular flexibility index (Phi) is 5.87. The number of likely N-dealkylation sites (tertiary alicyclic amines) is 1. The summed E-state index contributed by atoms with van der Waals surface area (Å²) < 4.78 is 22.6. The van der Waals surface area contributed by atoms with Crippen molar-refractivity contribution in [2.24, 2.45) is 13.0 Å². The number of benzene rings is 1. The third-order valence-electron chi connectivity index (χ3n) is 8.82. The number of hydrogen-bond donors (Lipinski definition) is 3. The number of rotatable bonds is 5. The number of carboxylic acid groups (broad SMARTS) is 1. The van der Waals surface area contributed by atoms with E-state index in [1.807, 2.05) is 0 Å². The van der Waals surface area contributed by atoms with Crippen LogP contribution in [-0.4, -0.2) is 82.4 Å². The molecular formula is C30H30FN7O4. The molecule has 1 aromatic carbocycles. The molecule has 3 N–H and O–H groups in total. The smallest absolute Gasteiger partial charge is 0.341 e. The van der Waals surface area contributed by atoms with Crippen molar-refractivity contribution in [1.29, 1.82) is 0 Å². The van der Waals surface area contributed by atoms with E-state index < -0.39 is 17.2 Å². The molecule has 11 nitrogen and oxygen atoms in total. The monoisotopic (exact) mass is 571 g/mol. The Morgan fingerprint density at radius 3 is 2.74 bits per heavy atom. The zero-order valence-electron chi connectivity index (χ0n) is 23.7. The van der Waals surface area contributed by atoms with Crippen molar-refractivity contribution in [2.75, 3.05) is 51.1 Å². The topological polar surface area (TPSA) is 129 Å². The summed E-state index contributed by atoms with van der Waals surface area (Å²) in [7, 11) is 6.96. The van der Waals surface area contributed by atoms with Crippen molar-refractivity contribution in [3.63, 3.8) is 0 Å². The van der Waals surface area contributed by atoms with Gasteiger partial charge in [-0.15, -0.1) is 0 Å². The number of aryl methyl sites for hydroxylation is 1. The zero-order valence-corrected chi connectivity index (χ0v) is 23.7. The molecule has 2 aliphatic heterocycles. The number of methoxy groups -OCH3 is 1. The number of nitrogens with one attached hydrogen (secondary N) is 2. The molecule has 216 valence electrons. The van der Waals surface area contributed by atoms with E-state index in [0.29, 0.717) is 44.9 Å². The molecule has 0 spiro atoms. The maximum absolute atomic E-state index is 15.4. The fourth-order valence-electron chi connectivity index (χ4n) is 6.97. The minimum atomic E-state index is -1.30. The van der Waals surface area contributed by atoms with Gasteiger partial charge in [0, 0.05) is 75.6 Å². The number of carboxylic acids is 1. The van der Waals surface area contributed by atoms with Crippen molar-refractivity contribution in [3.8, 4) is 16.9 Å². The van der Waals surface area contributed by atoms with Crippen LogP contribution < -0.4 is 20.4 Å². The van der Waals surface area contributed by atoms with E-state index in [4.69, 9.17) is 9.72 Å². The van der Waals surface area contributed by atoms with E-state index in [1.165, 1.54) is 19.4 Å². The molecule has 4 aromatic heterocycles. The second-order valence-corrected chi connectivity index (χ2v) is 11.2. The highest BCUT2D eigenvalue weighted by Gasteiger charge is 2.42. The second kappa shape index (κ2) is 9.41. The quantitative estimate of drug-likeness (QED) is 0.290. The van der Waals surface area contributed by atoms with Crippen LogP contribution in [0.2, 0.25) is 0 Å². The summed E-state index contributed by atoms with van der Waals surface area (Å²) in [6, 6.07) is 3.31. The number of anilines is 2. The molecule has 2 atom stereocenters. The van der Waals surface area contributed by atoms with E-state index in [9.17, 15) is 14.7 Å². The van der Waals surface area contributed by atoms with Crippen LogP contribution in [0.1, 0.15) is 16.8 Å². The fraction of sp³-hybridized carbons (Fsp3) is 0.333. The van der Waals surface area contributed by atoms with Gasteiger partial charge in [-0.2, -0.15) is 0 Å². The molecule has 7 rings (SSSR count). The summed E-state index contributed by atoms with van der Waals surface area (Å²) in [6.45, 7) is 2.67. The van der Waals surface area contributed by atoms with Crippen molar-refractivity contribution in [1.82, 2.24) is 24.4 Å². The highest BCUT2D eigenvalue weighted by Crippen LogP contribution is 2.48. The number of aromatic amines is 1. The zero-order chi connectivity index (χ0) is 29.4. The Labute approximate surface area is 239 Å². The molecule has 5 aromatic rings. The van der Waals surface area contributed by atoms with Gasteiger partial charge in [0.2, 0.25) is 5.43 Å². The number of nitrogens with zero attached hydrogens (tertiary/aromatic N) is 5. The predicted molar refractivity (Wildman–Crippen MR) is 159 cm³/mol. The summed E-state index contributed by atoms with van der Waals surface area (Å²) >= 11 is 0. The molecule has 12 heteroatoms. The molecule has 0 aliphatic carbocycles. The third kappa shape index (κ3) is 3.67. The van der Waals surface area contributed by atoms with E-state index in [-0.39, 0.29) is 22.7 Å². The minimum Gasteiger partial charge on any atom is -0.493 e. The Hall–Kier alpha value is -4.71. The van der Waals surface area contributed by atoms with Crippen LogP contribution in [0.25, 0.3) is 44.1 Å². The molecule has 6 heterocycles. The van der Waals surface area contributed by atoms with E-state index in [2.05, 4.69) is 32.1 Å². The number of hydrogen-bond acceptors (Lipinski definition) is 8. The SMILES string of the molecule is CNc1cc(F)c(OC)c2c1[nH]c1ncc(-c3cnc4c(c3)c(=O)c(C(=O)O)cn4C)c(N3CCC4CN(C)CC43)c12. The number of likely N-dealkylation sites (N-methyl/N-ethyl adjacent to an activating group) is 1. The molecule has 2 saturated heterocycles. The lowest BCUT2D eigenvalue weighted by Gasteiger charge is -2.29. The van der Waals surface area contributed by atoms with Crippen LogP contribution in [0, 0.1) is 11.7 Å². The maximum atomic E-state index is 15.4. The lowest BCUT2D eigenvalue weighted by molar-refractivity contribution is 0.0695. The van der Waals surface area contributed by atoms with Gasteiger partial charge in [-0.05, 0) is 25.5 Å². The first-order valence-electron chi connectivity index (χ1n) is 13.8. The molecule has 2 fully saturated rings. The van der Waals surface area contributed by atoms with Crippen LogP contribution in [0.4, 0.5) is 15.8 Å². The maximum Gasteiger partial charge on any atom is 0.341 e. The number of H-pyrrole nitrogens is 1. The highest BCUT2D eigenvalue weighted by molar-refractivity contribution is 6.20. The van der Waals surface area contributed by atoms with E-state index in [1.54, 1.807) is 37.1 Å². The van der Waals surface area contributed by atoms with Gasteiger partial charge in [0.15, 0.2) is 11.6 Å². The molecule has 2 unspecified atom stereocenters. The third-order valence-corrected chi connectivity index (χ3v) is 8.82. The van der Waals surface area contributed by atoms with Crippen LogP contribution in [0.5, 0.6) is 5.75 Å². The van der Waals surface area contributed by atoms with Crippen LogP contribution in [-0.2, 0) is 7.05 Å². The van der Waals surface area contributed by atoms with Gasteiger partial charge < -0.3 is 34.5 Å². The van der Waals surface area contributed by atoms with Gasteiger partial charge in [-0.1, -0.05) is 0 Å². The number of aromatic nitrogens is 4. The van der Waals surface area contributed by atoms with E-state index >= 15 is 4.39 Å². The van der Waals surface area contributed by atoms with Crippen LogP contribution in [0.15, 0.2) is 35.5 Å². The summed E-state index contributed by atoms with van der Waals surface area (Å²) in [6.07, 6.45) is 5.71. The second-order valence-electron chi connectivity index (χ2n) is 11.2. The molecule has 0 amide bonds. The van der Waals surface area contributed by atoms with Gasteiger partial charge >= 0.3 is 5.97 Å². The Bertz CT molecular complexity index is 2000. The standard InChI is InChI=1S/C30H30FN7O4/c1-32-20-8-19(31)27(42-4)22-23-25(38-6-5-14-11-36(2)13-21(14)38)17(10-33-28(23)35-24(20)22)15-7-16-26(39)18(30(40)41)12-37(3)29(16)34-9-15/h7-10,12,14,21,32H,5-6,11,13H2,1-4H3,(H,33,35)(H,40,41). The lowest BCUT2D eigenvalue weighted by atomic mass is 9.99. The number of ether oxygens (including phenoxy) is 1. The van der Waals surface area contributed by atoms with Gasteiger partial charge in [0.05, 0.1) is 40.2 Å². The molecule has 2 aliphatic rings. The summed E-state index contributed by atoms with van der Waals surface area (Å²) in [5.41, 5.74) is 3.45. The fourth-order valence-corrected chi connectivity index (χ4v) is 6.97. The average Bonchev–Trinajstić information content (AvgIpc) is 3.66. The first-order valence-corrected chi connectivity index (χ1v) is 13.8. The molecular weight excluding hydrogens is 541 g/mol. The van der Waals surface area contributed by atoms with Crippen molar-refractivity contribution >= 4 is 50.3 Å². The van der Waals surface area contributed by atoms with E-state index in [0.717, 1.165) is 37.1 Å². The van der Waals surface area contributed by atoms with Crippen molar-refractivity contribution < 1.29 is 19.0 Å². The van der Waals surface area contributed by atoms with Gasteiger partial charge in [0.1, 0.15) is 16.9 Å². The largest absolute Gasteiger partial charge is 0.493 e. The average molecular weight is 572 g/mol. The Balaban J connectivity index is 1.58. The number of carbonyl (C=O) groups is 1. The first-order chi connectivity index (χ1) is 20.2. The Morgan fingerprint density at radius 1 is 1.19 bits per heavy atom. The number of pyridine rings is 3. The first kappa shape index (κ1) is 26.2. The lowest BCUT2D eigenvalue weighted by Crippen LogP contribution is -2.35. The number of halogens is 1. The van der Waals surface area contributed by atoms with Crippen LogP contribution >= 0.6 is 0 Å². The normalized spacial score (nSPS) is 18.8. The summed E-state index contributed by atoms with van der Waals surface area (Å²) in [5, 5.41) is 14.2. The highest BCUT2D eigenvalue weighted by atomic mass is 19.1. The number of fused-ring (bicyclic) bond motifs is 5. The van der Waals surface area contributed by atoms with Gasteiger partial charge in [0.25, 0.3) is 0 Å². The predicted octanol–water partition coefficient (Wildman–Crippen LogP) is 3.66. The molecule has 0 saturated carbocycles. The van der Waals surface area contributed by atoms with Gasteiger partial charge in [-0.3, -0.25) is 4.79 Å². The number of aromatic carboxylic acids is 1. The molecule has 42 heavy (non-hydrogen) atoms. The minimum absolute atomic E-state index is 0.117. The molecule has 0 bridgehead atoms. The van der Waals surface area contributed by atoms with Gasteiger partial charge in [-0.25, -0.2) is 19.2 Å².